The van der Waals surface area contributed by atoms with Crippen molar-refractivity contribution >= 4 is 19.0 Å². The summed E-state index contributed by atoms with van der Waals surface area (Å²) in [7, 11) is -1.02. The van der Waals surface area contributed by atoms with Crippen molar-refractivity contribution in [3.63, 3.8) is 0 Å². The number of fused-ring (bicyclic) bond motifs is 1. The first-order valence-corrected chi connectivity index (χ1v) is 11.5. The third kappa shape index (κ3) is 4.17. The smallest absolute Gasteiger partial charge is 0.140 e. The number of nitrogens with zero attached hydrogens (tertiary/aromatic N) is 2. The van der Waals surface area contributed by atoms with Crippen molar-refractivity contribution in [1.82, 2.24) is 9.78 Å². The Labute approximate surface area is 129 Å². The van der Waals surface area contributed by atoms with Crippen LogP contribution in [-0.2, 0) is 11.5 Å². The first kappa shape index (κ1) is 16.2. The van der Waals surface area contributed by atoms with Gasteiger partial charge in [-0.2, -0.15) is 5.10 Å². The van der Waals surface area contributed by atoms with Crippen molar-refractivity contribution in [1.29, 1.82) is 0 Å². The Bertz CT molecular complexity index is 611. The van der Waals surface area contributed by atoms with E-state index in [2.05, 4.69) is 58.6 Å². The second-order valence-corrected chi connectivity index (χ2v) is 13.0. The van der Waals surface area contributed by atoms with E-state index in [0.717, 1.165) is 6.61 Å². The SMILES string of the molecule is Cc1ccc2c(c1)c(C(C)C)nn2COCC[Si](C)(C)C. The molecule has 0 amide bonds. The molecule has 1 aromatic carbocycles. The minimum absolute atomic E-state index is 0.428. The topological polar surface area (TPSA) is 27.1 Å². The molecular formula is C17H28N2OSi. The van der Waals surface area contributed by atoms with Crippen molar-refractivity contribution in [3.8, 4) is 0 Å². The first-order chi connectivity index (χ1) is 9.78. The van der Waals surface area contributed by atoms with Crippen molar-refractivity contribution < 1.29 is 4.74 Å². The standard InChI is InChI=1S/C17H28N2OSi/c1-13(2)17-15-11-14(3)7-8-16(15)19(18-17)12-20-9-10-21(4,5)6/h7-8,11,13H,9-10,12H2,1-6H3. The fraction of sp³-hybridized carbons (Fsp3) is 0.588. The van der Waals surface area contributed by atoms with Gasteiger partial charge < -0.3 is 4.74 Å². The number of hydrogen-bond donors (Lipinski definition) is 0. The zero-order valence-corrected chi connectivity index (χ0v) is 15.2. The fourth-order valence-electron chi connectivity index (χ4n) is 2.37. The molecule has 0 saturated carbocycles. The largest absolute Gasteiger partial charge is 0.360 e. The Morgan fingerprint density at radius 3 is 2.57 bits per heavy atom. The van der Waals surface area contributed by atoms with Crippen LogP contribution < -0.4 is 0 Å². The summed E-state index contributed by atoms with van der Waals surface area (Å²) >= 11 is 0. The summed E-state index contributed by atoms with van der Waals surface area (Å²) in [6, 6.07) is 7.73. The average Bonchev–Trinajstić information content (AvgIpc) is 2.71. The Morgan fingerprint density at radius 2 is 1.95 bits per heavy atom. The summed E-state index contributed by atoms with van der Waals surface area (Å²) in [6.45, 7) is 15.0. The molecule has 0 saturated heterocycles. The van der Waals surface area contributed by atoms with Crippen LogP contribution in [0.1, 0.15) is 31.0 Å². The molecule has 1 heterocycles. The van der Waals surface area contributed by atoms with E-state index in [9.17, 15) is 0 Å². The van der Waals surface area contributed by atoms with Crippen molar-refractivity contribution in [2.24, 2.45) is 0 Å². The molecule has 0 bridgehead atoms. The highest BCUT2D eigenvalue weighted by Crippen LogP contribution is 2.25. The number of aryl methyl sites for hydroxylation is 1. The van der Waals surface area contributed by atoms with Crippen molar-refractivity contribution in [3.05, 3.63) is 29.5 Å². The van der Waals surface area contributed by atoms with Gasteiger partial charge in [0, 0.05) is 20.1 Å². The number of ether oxygens (including phenoxy) is 1. The minimum atomic E-state index is -1.02. The van der Waals surface area contributed by atoms with Crippen LogP contribution in [0.4, 0.5) is 0 Å². The number of rotatable bonds is 6. The first-order valence-electron chi connectivity index (χ1n) is 7.83. The summed E-state index contributed by atoms with van der Waals surface area (Å²) in [5.74, 6) is 0.428. The molecule has 0 aliphatic carbocycles. The highest BCUT2D eigenvalue weighted by Gasteiger charge is 2.15. The van der Waals surface area contributed by atoms with E-state index < -0.39 is 8.07 Å². The molecule has 3 nitrogen and oxygen atoms in total. The van der Waals surface area contributed by atoms with E-state index in [1.54, 1.807) is 0 Å². The summed E-state index contributed by atoms with van der Waals surface area (Å²) in [5, 5.41) is 6.03. The molecule has 4 heteroatoms. The van der Waals surface area contributed by atoms with Crippen molar-refractivity contribution in [2.75, 3.05) is 6.61 Å². The highest BCUT2D eigenvalue weighted by molar-refractivity contribution is 6.76. The van der Waals surface area contributed by atoms with Crippen LogP contribution >= 0.6 is 0 Å². The zero-order valence-electron chi connectivity index (χ0n) is 14.2. The molecule has 0 spiro atoms. The minimum Gasteiger partial charge on any atom is -0.360 e. The number of benzene rings is 1. The molecule has 0 aliphatic rings. The van der Waals surface area contributed by atoms with Gasteiger partial charge in [0.1, 0.15) is 6.73 Å². The predicted molar refractivity (Wildman–Crippen MR) is 92.7 cm³/mol. The molecular weight excluding hydrogens is 276 g/mol. The second kappa shape index (κ2) is 6.32. The zero-order chi connectivity index (χ0) is 15.6. The van der Waals surface area contributed by atoms with Crippen LogP contribution in [-0.4, -0.2) is 24.5 Å². The molecule has 21 heavy (non-hydrogen) atoms. The van der Waals surface area contributed by atoms with Gasteiger partial charge in [0.2, 0.25) is 0 Å². The Kier molecular flexibility index (Phi) is 4.89. The molecule has 0 N–H and O–H groups in total. The van der Waals surface area contributed by atoms with Gasteiger partial charge in [0.15, 0.2) is 0 Å². The average molecular weight is 305 g/mol. The summed E-state index contributed by atoms with van der Waals surface area (Å²) < 4.78 is 7.87. The lowest BCUT2D eigenvalue weighted by atomic mass is 10.0. The van der Waals surface area contributed by atoms with Gasteiger partial charge in [-0.15, -0.1) is 0 Å². The van der Waals surface area contributed by atoms with Gasteiger partial charge >= 0.3 is 0 Å². The van der Waals surface area contributed by atoms with Gasteiger partial charge in [-0.25, -0.2) is 4.68 Å². The second-order valence-electron chi connectivity index (χ2n) is 7.41. The predicted octanol–water partition coefficient (Wildman–Crippen LogP) is 4.78. The molecule has 0 unspecified atom stereocenters. The van der Waals surface area contributed by atoms with Crippen LogP contribution in [0.3, 0.4) is 0 Å². The van der Waals surface area contributed by atoms with Gasteiger partial charge in [0.25, 0.3) is 0 Å². The maximum atomic E-state index is 5.86. The normalized spacial score (nSPS) is 12.5. The van der Waals surface area contributed by atoms with Gasteiger partial charge in [-0.3, -0.25) is 0 Å². The van der Waals surface area contributed by atoms with E-state index in [4.69, 9.17) is 9.84 Å². The molecule has 116 valence electrons. The highest BCUT2D eigenvalue weighted by atomic mass is 28.3. The molecule has 2 rings (SSSR count). The molecule has 0 fully saturated rings. The lowest BCUT2D eigenvalue weighted by Gasteiger charge is -2.15. The summed E-state index contributed by atoms with van der Waals surface area (Å²) in [6.07, 6.45) is 0. The van der Waals surface area contributed by atoms with E-state index in [-0.39, 0.29) is 0 Å². The molecule has 0 aliphatic heterocycles. The molecule has 0 radical (unpaired) electrons. The van der Waals surface area contributed by atoms with E-state index in [1.807, 2.05) is 4.68 Å². The lowest BCUT2D eigenvalue weighted by Crippen LogP contribution is -2.22. The summed E-state index contributed by atoms with van der Waals surface area (Å²) in [4.78, 5) is 0. The van der Waals surface area contributed by atoms with E-state index in [1.165, 1.54) is 28.2 Å². The summed E-state index contributed by atoms with van der Waals surface area (Å²) in [5.41, 5.74) is 3.63. The fourth-order valence-corrected chi connectivity index (χ4v) is 3.13. The van der Waals surface area contributed by atoms with E-state index >= 15 is 0 Å². The third-order valence-electron chi connectivity index (χ3n) is 3.69. The van der Waals surface area contributed by atoms with Crippen LogP contribution in [0.15, 0.2) is 18.2 Å². The van der Waals surface area contributed by atoms with Gasteiger partial charge in [0.05, 0.1) is 11.2 Å². The number of hydrogen-bond acceptors (Lipinski definition) is 2. The van der Waals surface area contributed by atoms with Gasteiger partial charge in [-0.05, 0) is 31.0 Å². The van der Waals surface area contributed by atoms with Crippen LogP contribution in [0.25, 0.3) is 10.9 Å². The monoisotopic (exact) mass is 304 g/mol. The maximum Gasteiger partial charge on any atom is 0.140 e. The van der Waals surface area contributed by atoms with E-state index in [0.29, 0.717) is 12.6 Å². The van der Waals surface area contributed by atoms with Crippen LogP contribution in [0, 0.1) is 6.92 Å². The van der Waals surface area contributed by atoms with Gasteiger partial charge in [-0.1, -0.05) is 45.1 Å². The Morgan fingerprint density at radius 1 is 1.24 bits per heavy atom. The maximum absolute atomic E-state index is 5.86. The molecule has 2 aromatic rings. The molecule has 1 aromatic heterocycles. The van der Waals surface area contributed by atoms with Crippen molar-refractivity contribution in [2.45, 2.75) is 59.1 Å². The number of aromatic nitrogens is 2. The molecule has 0 atom stereocenters. The van der Waals surface area contributed by atoms with Crippen LogP contribution in [0.2, 0.25) is 25.7 Å². The lowest BCUT2D eigenvalue weighted by molar-refractivity contribution is 0.0813. The third-order valence-corrected chi connectivity index (χ3v) is 5.40. The van der Waals surface area contributed by atoms with Crippen LogP contribution in [0.5, 0.6) is 0 Å². The quantitative estimate of drug-likeness (QED) is 0.567. The Hall–Kier alpha value is -1.13. The Balaban J connectivity index is 2.16.